The Morgan fingerprint density at radius 2 is 1.57 bits per heavy atom. The highest BCUT2D eigenvalue weighted by Gasteiger charge is 2.23. The van der Waals surface area contributed by atoms with Gasteiger partial charge in [0.15, 0.2) is 16.1 Å². The van der Waals surface area contributed by atoms with Crippen LogP contribution >= 0.6 is 0 Å². The highest BCUT2D eigenvalue weighted by atomic mass is 32.2. The summed E-state index contributed by atoms with van der Waals surface area (Å²) in [7, 11) is -7.63. The Kier molecular flexibility index (Phi) is 9.05. The number of nitrogen functional groups attached to an aromatic ring is 2. The summed E-state index contributed by atoms with van der Waals surface area (Å²) >= 11 is 0. The SMILES string of the molecule is COC(=O)c1ccccc1N=Nc1cc(S(=O)(=O)O)c(N)c(N=Nc2ccc(S(=O)(=O)CCO)cc2C=O)c1N. The number of benzene rings is 3. The maximum Gasteiger partial charge on any atom is 0.340 e. The van der Waals surface area contributed by atoms with Crippen molar-refractivity contribution < 1.29 is 40.8 Å². The summed E-state index contributed by atoms with van der Waals surface area (Å²) in [5.74, 6) is -1.28. The molecule has 0 atom stereocenters. The highest BCUT2D eigenvalue weighted by molar-refractivity contribution is 7.91. The average Bonchev–Trinajstić information content (AvgIpc) is 2.91. The first-order valence-electron chi connectivity index (χ1n) is 11.0. The van der Waals surface area contributed by atoms with E-state index in [2.05, 4.69) is 20.5 Å². The van der Waals surface area contributed by atoms with Gasteiger partial charge in [-0.05, 0) is 36.4 Å². The Morgan fingerprint density at radius 3 is 2.20 bits per heavy atom. The lowest BCUT2D eigenvalue weighted by Crippen LogP contribution is -2.10. The number of ether oxygens (including phenoxy) is 1. The monoisotopic (exact) mass is 590 g/mol. The molecule has 0 saturated carbocycles. The van der Waals surface area contributed by atoms with Gasteiger partial charge in [-0.15, -0.1) is 20.5 Å². The zero-order chi connectivity index (χ0) is 29.7. The van der Waals surface area contributed by atoms with Crippen molar-refractivity contribution >= 4 is 66.3 Å². The van der Waals surface area contributed by atoms with Crippen LogP contribution in [0.3, 0.4) is 0 Å². The Hall–Kier alpha value is -4.58. The minimum absolute atomic E-state index is 0.0449. The molecular weight excluding hydrogens is 568 g/mol. The zero-order valence-electron chi connectivity index (χ0n) is 20.6. The van der Waals surface area contributed by atoms with Crippen LogP contribution < -0.4 is 11.5 Å². The van der Waals surface area contributed by atoms with Crippen molar-refractivity contribution in [3.8, 4) is 0 Å². The normalized spacial score (nSPS) is 12.2. The van der Waals surface area contributed by atoms with E-state index in [0.29, 0.717) is 6.29 Å². The second kappa shape index (κ2) is 12.1. The fraction of sp³-hybridized carbons (Fsp3) is 0.130. The van der Waals surface area contributed by atoms with E-state index >= 15 is 0 Å². The lowest BCUT2D eigenvalue weighted by molar-refractivity contribution is 0.0601. The zero-order valence-corrected chi connectivity index (χ0v) is 22.3. The molecule has 3 aromatic carbocycles. The van der Waals surface area contributed by atoms with Crippen LogP contribution in [0.1, 0.15) is 20.7 Å². The van der Waals surface area contributed by atoms with Crippen LogP contribution in [-0.2, 0) is 24.7 Å². The summed E-state index contributed by atoms with van der Waals surface area (Å²) in [5, 5.41) is 24.5. The smallest absolute Gasteiger partial charge is 0.340 e. The number of azo groups is 2. The number of esters is 1. The van der Waals surface area contributed by atoms with Crippen molar-refractivity contribution in [2.24, 2.45) is 20.5 Å². The number of sulfone groups is 1. The van der Waals surface area contributed by atoms with Gasteiger partial charge in [-0.3, -0.25) is 9.35 Å². The first-order valence-corrected chi connectivity index (χ1v) is 14.1. The van der Waals surface area contributed by atoms with Crippen LogP contribution in [-0.4, -0.2) is 58.2 Å². The molecule has 40 heavy (non-hydrogen) atoms. The van der Waals surface area contributed by atoms with Crippen molar-refractivity contribution in [2.75, 3.05) is 30.9 Å². The Labute approximate surface area is 227 Å². The Balaban J connectivity index is 2.15. The standard InChI is InChI=1S/C23H22N6O9S2/c1-38-23(32)15-4-2-3-5-17(15)27-28-18-11-19(40(35,36)37)21(25)22(20(18)24)29-26-16-7-6-14(10-13(16)12-31)39(33,34)9-8-30/h2-7,10-12,30H,8-9,24-25H2,1H3,(H,35,36,37). The van der Waals surface area contributed by atoms with Gasteiger partial charge >= 0.3 is 5.97 Å². The van der Waals surface area contributed by atoms with E-state index in [1.54, 1.807) is 12.1 Å². The first-order chi connectivity index (χ1) is 18.8. The molecule has 0 aliphatic carbocycles. The lowest BCUT2D eigenvalue weighted by atomic mass is 10.2. The second-order valence-corrected chi connectivity index (χ2v) is 11.3. The van der Waals surface area contributed by atoms with Gasteiger partial charge in [0.2, 0.25) is 0 Å². The van der Waals surface area contributed by atoms with Gasteiger partial charge in [0, 0.05) is 5.56 Å². The van der Waals surface area contributed by atoms with E-state index < -0.39 is 54.6 Å². The Bertz CT molecular complexity index is 1750. The molecule has 0 aliphatic rings. The van der Waals surface area contributed by atoms with E-state index in [1.165, 1.54) is 19.2 Å². The van der Waals surface area contributed by atoms with Gasteiger partial charge in [-0.25, -0.2) is 13.2 Å². The van der Waals surface area contributed by atoms with Crippen LogP contribution in [0.4, 0.5) is 34.1 Å². The molecule has 17 heteroatoms. The van der Waals surface area contributed by atoms with Crippen molar-refractivity contribution in [1.29, 1.82) is 0 Å². The molecule has 6 N–H and O–H groups in total. The molecule has 0 fully saturated rings. The molecule has 0 aromatic heterocycles. The molecule has 0 bridgehead atoms. The molecule has 3 rings (SSSR count). The fourth-order valence-corrected chi connectivity index (χ4v) is 4.96. The topological polar surface area (TPSA) is 254 Å². The molecule has 0 heterocycles. The number of methoxy groups -OCH3 is 1. The van der Waals surface area contributed by atoms with Crippen LogP contribution in [0.25, 0.3) is 0 Å². The van der Waals surface area contributed by atoms with Gasteiger partial charge in [0.1, 0.15) is 22.0 Å². The summed E-state index contributed by atoms with van der Waals surface area (Å²) in [6.45, 7) is -0.628. The number of carbonyl (C=O) groups is 2. The van der Waals surface area contributed by atoms with Gasteiger partial charge in [-0.1, -0.05) is 12.1 Å². The number of aliphatic hydroxyl groups is 1. The first kappa shape index (κ1) is 30.0. The van der Waals surface area contributed by atoms with Gasteiger partial charge in [0.05, 0.1) is 47.0 Å². The van der Waals surface area contributed by atoms with Crippen molar-refractivity contribution in [1.82, 2.24) is 0 Å². The summed E-state index contributed by atoms with van der Waals surface area (Å²) < 4.78 is 62.8. The molecule has 210 valence electrons. The third-order valence-electron chi connectivity index (χ3n) is 5.28. The number of carbonyl (C=O) groups excluding carboxylic acids is 2. The number of nitrogens with two attached hydrogens (primary N) is 2. The van der Waals surface area contributed by atoms with Crippen LogP contribution in [0, 0.1) is 0 Å². The van der Waals surface area contributed by atoms with Crippen molar-refractivity contribution in [3.63, 3.8) is 0 Å². The quantitative estimate of drug-likeness (QED) is 0.0875. The molecule has 15 nitrogen and oxygen atoms in total. The molecule has 0 amide bonds. The molecule has 3 aromatic rings. The van der Waals surface area contributed by atoms with Crippen LogP contribution in [0.15, 0.2) is 78.8 Å². The largest absolute Gasteiger partial charge is 0.465 e. The van der Waals surface area contributed by atoms with E-state index in [0.717, 1.165) is 24.3 Å². The van der Waals surface area contributed by atoms with Crippen LogP contribution in [0.5, 0.6) is 0 Å². The van der Waals surface area contributed by atoms with E-state index in [-0.39, 0.29) is 38.8 Å². The number of rotatable bonds is 10. The molecule has 0 unspecified atom stereocenters. The number of aliphatic hydroxyl groups excluding tert-OH is 1. The second-order valence-electron chi connectivity index (χ2n) is 7.83. The third-order valence-corrected chi connectivity index (χ3v) is 7.86. The maximum atomic E-state index is 12.2. The molecular formula is C23H22N6O9S2. The summed E-state index contributed by atoms with van der Waals surface area (Å²) in [6, 6.07) is 10.1. The van der Waals surface area contributed by atoms with Gasteiger partial charge in [0.25, 0.3) is 10.1 Å². The number of hydrogen-bond acceptors (Lipinski definition) is 14. The molecule has 0 aliphatic heterocycles. The fourth-order valence-electron chi connectivity index (χ4n) is 3.27. The predicted molar refractivity (Wildman–Crippen MR) is 142 cm³/mol. The number of hydrogen-bond donors (Lipinski definition) is 4. The number of nitrogens with zero attached hydrogens (tertiary/aromatic N) is 4. The predicted octanol–water partition coefficient (Wildman–Crippen LogP) is 3.29. The summed E-state index contributed by atoms with van der Waals surface area (Å²) in [6.07, 6.45) is 0.312. The lowest BCUT2D eigenvalue weighted by Gasteiger charge is -2.11. The van der Waals surface area contributed by atoms with Crippen molar-refractivity contribution in [3.05, 3.63) is 59.7 Å². The van der Waals surface area contributed by atoms with E-state index in [1.807, 2.05) is 0 Å². The molecule has 0 spiro atoms. The minimum Gasteiger partial charge on any atom is -0.465 e. The van der Waals surface area contributed by atoms with E-state index in [9.17, 15) is 31.0 Å². The van der Waals surface area contributed by atoms with Gasteiger partial charge in [-0.2, -0.15) is 8.42 Å². The van der Waals surface area contributed by atoms with Gasteiger partial charge < -0.3 is 21.3 Å². The summed E-state index contributed by atoms with van der Waals surface area (Å²) in [4.78, 5) is 22.5. The molecule has 0 radical (unpaired) electrons. The number of anilines is 2. The van der Waals surface area contributed by atoms with Crippen LogP contribution in [0.2, 0.25) is 0 Å². The third kappa shape index (κ3) is 6.52. The van der Waals surface area contributed by atoms with Crippen molar-refractivity contribution in [2.45, 2.75) is 9.79 Å². The molecule has 0 saturated heterocycles. The average molecular weight is 591 g/mol. The Morgan fingerprint density at radius 1 is 0.925 bits per heavy atom. The minimum atomic E-state index is -4.93. The van der Waals surface area contributed by atoms with E-state index in [4.69, 9.17) is 21.3 Å². The maximum absolute atomic E-state index is 12.2. The summed E-state index contributed by atoms with van der Waals surface area (Å²) in [5.41, 5.74) is 10.0. The highest BCUT2D eigenvalue weighted by Crippen LogP contribution is 2.43. The number of aldehydes is 1.